The lowest BCUT2D eigenvalue weighted by molar-refractivity contribution is 0.384. The van der Waals surface area contributed by atoms with Gasteiger partial charge >= 0.3 is 0 Å². The van der Waals surface area contributed by atoms with Crippen molar-refractivity contribution in [2.45, 2.75) is 18.7 Å². The Labute approximate surface area is 152 Å². The van der Waals surface area contributed by atoms with Crippen molar-refractivity contribution >= 4 is 27.3 Å². The van der Waals surface area contributed by atoms with Crippen LogP contribution in [-0.2, 0) is 10.0 Å². The number of anilines is 1. The first-order chi connectivity index (χ1) is 11.8. The Kier molecular flexibility index (Phi) is 5.04. The van der Waals surface area contributed by atoms with E-state index in [0.29, 0.717) is 31.1 Å². The van der Waals surface area contributed by atoms with Gasteiger partial charge in [0.25, 0.3) is 0 Å². The van der Waals surface area contributed by atoms with Crippen molar-refractivity contribution in [3.63, 3.8) is 0 Å². The number of halogens is 2. The van der Waals surface area contributed by atoms with E-state index in [1.54, 1.807) is 18.2 Å². The Bertz CT molecular complexity index is 894. The van der Waals surface area contributed by atoms with Crippen molar-refractivity contribution in [2.24, 2.45) is 0 Å². The molecule has 7 heteroatoms. The number of aryl methyl sites for hydroxylation is 2. The Morgan fingerprint density at radius 2 is 1.68 bits per heavy atom. The van der Waals surface area contributed by atoms with Gasteiger partial charge in [-0.05, 0) is 43.7 Å². The first kappa shape index (κ1) is 18.2. The SMILES string of the molecule is Cc1ccc(S(=O)(=O)N2CCN(c3ccc(F)c(Cl)c3)CC2)c(C)c1. The summed E-state index contributed by atoms with van der Waals surface area (Å²) in [5.41, 5.74) is 2.59. The molecule has 1 fully saturated rings. The van der Waals surface area contributed by atoms with Crippen LogP contribution in [0.4, 0.5) is 10.1 Å². The van der Waals surface area contributed by atoms with Crippen molar-refractivity contribution in [3.8, 4) is 0 Å². The fourth-order valence-electron chi connectivity index (χ4n) is 3.10. The van der Waals surface area contributed by atoms with Gasteiger partial charge in [-0.25, -0.2) is 12.8 Å². The molecular weight excluding hydrogens is 363 g/mol. The predicted molar refractivity (Wildman–Crippen MR) is 98.3 cm³/mol. The molecule has 0 bridgehead atoms. The summed E-state index contributed by atoms with van der Waals surface area (Å²) in [6.45, 7) is 5.58. The Hall–Kier alpha value is -1.63. The van der Waals surface area contributed by atoms with Gasteiger partial charge in [0, 0.05) is 31.9 Å². The van der Waals surface area contributed by atoms with Crippen LogP contribution in [0.2, 0.25) is 5.02 Å². The highest BCUT2D eigenvalue weighted by molar-refractivity contribution is 7.89. The summed E-state index contributed by atoms with van der Waals surface area (Å²) >= 11 is 5.84. The number of rotatable bonds is 3. The van der Waals surface area contributed by atoms with Gasteiger partial charge in [-0.1, -0.05) is 29.3 Å². The summed E-state index contributed by atoms with van der Waals surface area (Å²) in [5.74, 6) is -0.457. The molecule has 0 aromatic heterocycles. The predicted octanol–water partition coefficient (Wildman–Crippen LogP) is 3.61. The smallest absolute Gasteiger partial charge is 0.243 e. The third-order valence-corrected chi connectivity index (χ3v) is 6.80. The fourth-order valence-corrected chi connectivity index (χ4v) is 4.90. The van der Waals surface area contributed by atoms with E-state index in [9.17, 15) is 12.8 Å². The number of hydrogen-bond donors (Lipinski definition) is 0. The van der Waals surface area contributed by atoms with Crippen LogP contribution in [0, 0.1) is 19.7 Å². The van der Waals surface area contributed by atoms with Crippen LogP contribution in [-0.4, -0.2) is 38.9 Å². The number of piperazine rings is 1. The van der Waals surface area contributed by atoms with Crippen molar-refractivity contribution in [2.75, 3.05) is 31.1 Å². The fraction of sp³-hybridized carbons (Fsp3) is 0.333. The van der Waals surface area contributed by atoms with Crippen molar-refractivity contribution in [1.29, 1.82) is 0 Å². The molecule has 1 saturated heterocycles. The molecule has 1 aliphatic heterocycles. The normalized spacial score (nSPS) is 16.2. The van der Waals surface area contributed by atoms with Crippen molar-refractivity contribution in [1.82, 2.24) is 4.31 Å². The molecule has 0 spiro atoms. The molecular formula is C18H20ClFN2O2S. The average Bonchev–Trinajstić information content (AvgIpc) is 2.57. The van der Waals surface area contributed by atoms with E-state index >= 15 is 0 Å². The minimum absolute atomic E-state index is 0.0721. The summed E-state index contributed by atoms with van der Waals surface area (Å²) in [5, 5.41) is 0.0721. The molecule has 0 aliphatic carbocycles. The lowest BCUT2D eigenvalue weighted by Crippen LogP contribution is -2.48. The van der Waals surface area contributed by atoms with Crippen LogP contribution in [0.15, 0.2) is 41.3 Å². The second-order valence-corrected chi connectivity index (χ2v) is 8.57. The molecule has 134 valence electrons. The van der Waals surface area contributed by atoms with E-state index in [1.807, 2.05) is 30.9 Å². The second kappa shape index (κ2) is 6.94. The van der Waals surface area contributed by atoms with Gasteiger partial charge in [-0.2, -0.15) is 4.31 Å². The van der Waals surface area contributed by atoms with Crippen molar-refractivity contribution < 1.29 is 12.8 Å². The molecule has 1 heterocycles. The van der Waals surface area contributed by atoms with Gasteiger partial charge in [0.1, 0.15) is 5.82 Å². The van der Waals surface area contributed by atoms with Gasteiger partial charge < -0.3 is 4.90 Å². The number of hydrogen-bond acceptors (Lipinski definition) is 3. The molecule has 4 nitrogen and oxygen atoms in total. The lowest BCUT2D eigenvalue weighted by atomic mass is 10.2. The van der Waals surface area contributed by atoms with Gasteiger partial charge in [-0.15, -0.1) is 0 Å². The summed E-state index contributed by atoms with van der Waals surface area (Å²) < 4.78 is 40.6. The number of sulfonamides is 1. The maximum absolute atomic E-state index is 13.3. The highest BCUT2D eigenvalue weighted by Gasteiger charge is 2.29. The zero-order chi connectivity index (χ0) is 18.2. The lowest BCUT2D eigenvalue weighted by Gasteiger charge is -2.35. The molecule has 0 amide bonds. The Balaban J connectivity index is 1.76. The van der Waals surface area contributed by atoms with E-state index in [2.05, 4.69) is 0 Å². The first-order valence-electron chi connectivity index (χ1n) is 8.06. The second-order valence-electron chi connectivity index (χ2n) is 6.26. The Morgan fingerprint density at radius 1 is 1.00 bits per heavy atom. The molecule has 25 heavy (non-hydrogen) atoms. The maximum Gasteiger partial charge on any atom is 0.243 e. The van der Waals surface area contributed by atoms with Gasteiger partial charge in [0.05, 0.1) is 9.92 Å². The molecule has 1 aliphatic rings. The van der Waals surface area contributed by atoms with Crippen LogP contribution in [0.1, 0.15) is 11.1 Å². The summed E-state index contributed by atoms with van der Waals surface area (Å²) in [6, 6.07) is 9.93. The summed E-state index contributed by atoms with van der Waals surface area (Å²) in [7, 11) is -3.51. The van der Waals surface area contributed by atoms with E-state index in [0.717, 1.165) is 16.8 Å². The van der Waals surface area contributed by atoms with Gasteiger partial charge in [0.15, 0.2) is 0 Å². The van der Waals surface area contributed by atoms with Crippen LogP contribution in [0.25, 0.3) is 0 Å². The third kappa shape index (κ3) is 3.66. The molecule has 0 unspecified atom stereocenters. The molecule has 0 atom stereocenters. The topological polar surface area (TPSA) is 40.6 Å². The van der Waals surface area contributed by atoms with Crippen LogP contribution in [0.3, 0.4) is 0 Å². The van der Waals surface area contributed by atoms with Gasteiger partial charge in [-0.3, -0.25) is 0 Å². The summed E-state index contributed by atoms with van der Waals surface area (Å²) in [6.07, 6.45) is 0. The highest BCUT2D eigenvalue weighted by atomic mass is 35.5. The molecule has 3 rings (SSSR count). The molecule has 0 radical (unpaired) electrons. The van der Waals surface area contributed by atoms with Crippen LogP contribution < -0.4 is 4.90 Å². The van der Waals surface area contributed by atoms with E-state index in [4.69, 9.17) is 11.6 Å². The summed E-state index contributed by atoms with van der Waals surface area (Å²) in [4.78, 5) is 2.37. The average molecular weight is 383 g/mol. The minimum atomic E-state index is -3.51. The highest BCUT2D eigenvalue weighted by Crippen LogP contribution is 2.26. The Morgan fingerprint density at radius 3 is 2.28 bits per heavy atom. The molecule has 2 aromatic carbocycles. The monoisotopic (exact) mass is 382 g/mol. The van der Waals surface area contributed by atoms with E-state index in [1.165, 1.54) is 10.4 Å². The van der Waals surface area contributed by atoms with Crippen LogP contribution >= 0.6 is 11.6 Å². The van der Waals surface area contributed by atoms with E-state index in [-0.39, 0.29) is 5.02 Å². The maximum atomic E-state index is 13.3. The van der Waals surface area contributed by atoms with Crippen molar-refractivity contribution in [3.05, 3.63) is 58.4 Å². The molecule has 0 saturated carbocycles. The number of nitrogens with zero attached hydrogens (tertiary/aromatic N) is 2. The largest absolute Gasteiger partial charge is 0.369 e. The zero-order valence-electron chi connectivity index (χ0n) is 14.2. The molecule has 0 N–H and O–H groups in total. The third-order valence-electron chi connectivity index (χ3n) is 4.46. The zero-order valence-corrected chi connectivity index (χ0v) is 15.7. The quantitative estimate of drug-likeness (QED) is 0.814. The van der Waals surface area contributed by atoms with E-state index < -0.39 is 15.8 Å². The molecule has 2 aromatic rings. The van der Waals surface area contributed by atoms with Crippen LogP contribution in [0.5, 0.6) is 0 Å². The standard InChI is InChI=1S/C18H20ClFN2O2S/c1-13-3-6-18(14(2)11-13)25(23,24)22-9-7-21(8-10-22)15-4-5-17(20)16(19)12-15/h3-6,11-12H,7-10H2,1-2H3. The number of benzene rings is 2. The minimum Gasteiger partial charge on any atom is -0.369 e. The first-order valence-corrected chi connectivity index (χ1v) is 9.88. The van der Waals surface area contributed by atoms with Gasteiger partial charge in [0.2, 0.25) is 10.0 Å².